The van der Waals surface area contributed by atoms with Crippen LogP contribution >= 0.6 is 0 Å². The molecular formula is C21H17N3O. The van der Waals surface area contributed by atoms with Crippen molar-refractivity contribution in [3.63, 3.8) is 0 Å². The lowest BCUT2D eigenvalue weighted by molar-refractivity contribution is 0.381. The highest BCUT2D eigenvalue weighted by Gasteiger charge is 2.53. The molecule has 122 valence electrons. The largest absolute Gasteiger partial charge is 0.296 e. The van der Waals surface area contributed by atoms with E-state index >= 15 is 0 Å². The molecule has 4 heteroatoms. The quantitative estimate of drug-likeness (QED) is 0.597. The maximum atomic E-state index is 12.8. The van der Waals surface area contributed by atoms with Gasteiger partial charge in [0, 0.05) is 24.7 Å². The summed E-state index contributed by atoms with van der Waals surface area (Å²) in [5.74, 6) is 7.73. The van der Waals surface area contributed by atoms with Crippen molar-refractivity contribution in [2.45, 2.75) is 26.3 Å². The summed E-state index contributed by atoms with van der Waals surface area (Å²) in [5.41, 5.74) is 2.75. The zero-order valence-corrected chi connectivity index (χ0v) is 14.0. The van der Waals surface area contributed by atoms with Gasteiger partial charge in [-0.3, -0.25) is 9.36 Å². The van der Waals surface area contributed by atoms with Crippen molar-refractivity contribution < 1.29 is 0 Å². The lowest BCUT2D eigenvalue weighted by Crippen LogP contribution is -2.31. The summed E-state index contributed by atoms with van der Waals surface area (Å²) in [7, 11) is 0. The molecule has 3 heterocycles. The van der Waals surface area contributed by atoms with Crippen LogP contribution in [0, 0.1) is 23.2 Å². The third-order valence-electron chi connectivity index (χ3n) is 5.54. The van der Waals surface area contributed by atoms with Gasteiger partial charge in [-0.15, -0.1) is 0 Å². The molecule has 1 fully saturated rings. The number of aromatic nitrogens is 3. The van der Waals surface area contributed by atoms with Gasteiger partial charge in [-0.25, -0.2) is 9.97 Å². The van der Waals surface area contributed by atoms with Crippen molar-refractivity contribution in [1.82, 2.24) is 14.5 Å². The van der Waals surface area contributed by atoms with Crippen LogP contribution in [-0.4, -0.2) is 14.5 Å². The minimum absolute atomic E-state index is 0.0817. The van der Waals surface area contributed by atoms with E-state index in [0.717, 1.165) is 35.6 Å². The second kappa shape index (κ2) is 5.03. The van der Waals surface area contributed by atoms with Crippen LogP contribution in [0.25, 0.3) is 10.9 Å². The van der Waals surface area contributed by atoms with Crippen LogP contribution in [0.15, 0.2) is 47.4 Å². The van der Waals surface area contributed by atoms with Gasteiger partial charge in [0.25, 0.3) is 5.56 Å². The summed E-state index contributed by atoms with van der Waals surface area (Å²) in [4.78, 5) is 21.8. The fourth-order valence-corrected chi connectivity index (χ4v) is 3.83. The second-order valence-electron chi connectivity index (χ2n) is 7.37. The number of rotatable bonds is 0. The number of nitrogens with zero attached hydrogens (tertiary/aromatic N) is 3. The van der Waals surface area contributed by atoms with Crippen molar-refractivity contribution in [2.24, 2.45) is 11.3 Å². The molecule has 1 aromatic carbocycles. The molecule has 0 radical (unpaired) electrons. The second-order valence-corrected chi connectivity index (χ2v) is 7.37. The molecule has 1 aliphatic carbocycles. The Labute approximate surface area is 145 Å². The van der Waals surface area contributed by atoms with E-state index in [0.29, 0.717) is 16.7 Å². The van der Waals surface area contributed by atoms with E-state index in [4.69, 9.17) is 4.98 Å². The first-order valence-electron chi connectivity index (χ1n) is 8.59. The van der Waals surface area contributed by atoms with Gasteiger partial charge in [-0.2, -0.15) is 0 Å². The van der Waals surface area contributed by atoms with Crippen LogP contribution < -0.4 is 5.56 Å². The molecule has 2 aliphatic rings. The fraction of sp³-hybridized carbons (Fsp3) is 0.286. The Bertz CT molecular complexity index is 1120. The monoisotopic (exact) mass is 327 g/mol. The molecule has 1 aliphatic heterocycles. The van der Waals surface area contributed by atoms with Gasteiger partial charge < -0.3 is 0 Å². The van der Waals surface area contributed by atoms with Crippen LogP contribution in [-0.2, 0) is 13.0 Å². The molecule has 3 aromatic rings. The number of benzene rings is 1. The highest BCUT2D eigenvalue weighted by Crippen LogP contribution is 2.57. The molecule has 4 nitrogen and oxygen atoms in total. The highest BCUT2D eigenvalue weighted by molar-refractivity contribution is 5.79. The van der Waals surface area contributed by atoms with Crippen LogP contribution in [0.5, 0.6) is 0 Å². The molecule has 0 N–H and O–H groups in total. The summed E-state index contributed by atoms with van der Waals surface area (Å²) in [6, 6.07) is 11.3. The Morgan fingerprint density at radius 3 is 3.00 bits per heavy atom. The van der Waals surface area contributed by atoms with Crippen molar-refractivity contribution >= 4 is 10.9 Å². The van der Waals surface area contributed by atoms with Gasteiger partial charge in [0.1, 0.15) is 11.5 Å². The van der Waals surface area contributed by atoms with E-state index in [2.05, 4.69) is 23.7 Å². The Balaban J connectivity index is 1.59. The molecule has 0 bridgehead atoms. The number of hydrogen-bond donors (Lipinski definition) is 0. The third kappa shape index (κ3) is 2.35. The van der Waals surface area contributed by atoms with E-state index in [1.807, 2.05) is 41.0 Å². The molecule has 25 heavy (non-hydrogen) atoms. The van der Waals surface area contributed by atoms with Crippen LogP contribution in [0.4, 0.5) is 0 Å². The normalized spacial score (nSPS) is 23.3. The summed E-state index contributed by atoms with van der Waals surface area (Å²) in [6.07, 6.45) is 3.82. The zero-order valence-electron chi connectivity index (χ0n) is 14.0. The summed E-state index contributed by atoms with van der Waals surface area (Å²) in [5, 5.41) is 0.677. The van der Waals surface area contributed by atoms with Crippen molar-refractivity contribution in [3.8, 4) is 11.8 Å². The SMILES string of the molecule is CC12Cc3nc4cc(C#Cc5ccccn5)ccc4c(=O)n3CC1C2. The van der Waals surface area contributed by atoms with Gasteiger partial charge >= 0.3 is 0 Å². The van der Waals surface area contributed by atoms with E-state index in [1.165, 1.54) is 6.42 Å². The summed E-state index contributed by atoms with van der Waals surface area (Å²) in [6.45, 7) is 3.11. The molecule has 2 unspecified atom stereocenters. The highest BCUT2D eigenvalue weighted by atomic mass is 16.1. The number of pyridine rings is 1. The Morgan fingerprint density at radius 1 is 1.24 bits per heavy atom. The predicted molar refractivity (Wildman–Crippen MR) is 96.1 cm³/mol. The maximum absolute atomic E-state index is 12.8. The maximum Gasteiger partial charge on any atom is 0.261 e. The minimum atomic E-state index is 0.0817. The average Bonchev–Trinajstić information content (AvgIpc) is 3.29. The third-order valence-corrected chi connectivity index (χ3v) is 5.54. The lowest BCUT2D eigenvalue weighted by atomic mass is 9.98. The smallest absolute Gasteiger partial charge is 0.261 e. The topological polar surface area (TPSA) is 47.8 Å². The summed E-state index contributed by atoms with van der Waals surface area (Å²) >= 11 is 0. The molecular weight excluding hydrogens is 310 g/mol. The first-order valence-corrected chi connectivity index (χ1v) is 8.59. The first-order chi connectivity index (χ1) is 12.1. The Morgan fingerprint density at radius 2 is 2.16 bits per heavy atom. The van der Waals surface area contributed by atoms with E-state index in [1.54, 1.807) is 6.20 Å². The van der Waals surface area contributed by atoms with Crippen molar-refractivity contribution in [1.29, 1.82) is 0 Å². The molecule has 1 saturated carbocycles. The summed E-state index contributed by atoms with van der Waals surface area (Å²) < 4.78 is 1.88. The van der Waals surface area contributed by atoms with Gasteiger partial charge in [-0.05, 0) is 54.0 Å². The molecule has 5 rings (SSSR count). The molecule has 0 amide bonds. The van der Waals surface area contributed by atoms with Crippen LogP contribution in [0.3, 0.4) is 0 Å². The number of hydrogen-bond acceptors (Lipinski definition) is 3. The molecule has 2 atom stereocenters. The molecule has 0 saturated heterocycles. The zero-order chi connectivity index (χ0) is 17.0. The average molecular weight is 327 g/mol. The molecule has 2 aromatic heterocycles. The van der Waals surface area contributed by atoms with Crippen molar-refractivity contribution in [3.05, 3.63) is 70.0 Å². The standard InChI is InChI=1S/C21H17N3O/c1-21-11-15(21)13-24-19(12-21)23-18-10-14(6-8-17(18)20(24)25)5-7-16-4-2-3-9-22-16/h2-4,6,8-10,15H,11-13H2,1H3. The van der Waals surface area contributed by atoms with Gasteiger partial charge in [0.05, 0.1) is 10.9 Å². The minimum Gasteiger partial charge on any atom is -0.296 e. The number of fused-ring (bicyclic) bond motifs is 3. The first kappa shape index (κ1) is 14.4. The Kier molecular flexibility index (Phi) is 2.90. The van der Waals surface area contributed by atoms with Gasteiger partial charge in [-0.1, -0.05) is 18.9 Å². The van der Waals surface area contributed by atoms with E-state index in [-0.39, 0.29) is 5.56 Å². The fourth-order valence-electron chi connectivity index (χ4n) is 3.83. The van der Waals surface area contributed by atoms with Crippen LogP contribution in [0.1, 0.15) is 30.4 Å². The van der Waals surface area contributed by atoms with Crippen LogP contribution in [0.2, 0.25) is 0 Å². The van der Waals surface area contributed by atoms with E-state index in [9.17, 15) is 4.79 Å². The Hall–Kier alpha value is -2.93. The van der Waals surface area contributed by atoms with Crippen molar-refractivity contribution in [2.75, 3.05) is 0 Å². The lowest BCUT2D eigenvalue weighted by Gasteiger charge is -2.22. The molecule has 0 spiro atoms. The van der Waals surface area contributed by atoms with Gasteiger partial charge in [0.2, 0.25) is 0 Å². The van der Waals surface area contributed by atoms with E-state index < -0.39 is 0 Å². The predicted octanol–water partition coefficient (Wildman–Crippen LogP) is 2.77. The van der Waals surface area contributed by atoms with Gasteiger partial charge in [0.15, 0.2) is 0 Å².